The van der Waals surface area contributed by atoms with Gasteiger partial charge in [-0.1, -0.05) is 6.07 Å². The van der Waals surface area contributed by atoms with Crippen LogP contribution in [-0.2, 0) is 11.3 Å². The highest BCUT2D eigenvalue weighted by molar-refractivity contribution is 7.09. The van der Waals surface area contributed by atoms with E-state index in [9.17, 15) is 23.2 Å². The number of likely N-dealkylation sites (N-methyl/N-ethyl adjacent to an activating group) is 1. The summed E-state index contributed by atoms with van der Waals surface area (Å²) in [5.74, 6) is -2.56. The molecule has 13 heteroatoms. The van der Waals surface area contributed by atoms with Crippen molar-refractivity contribution in [1.29, 1.82) is 0 Å². The summed E-state index contributed by atoms with van der Waals surface area (Å²) in [6.45, 7) is 6.30. The maximum absolute atomic E-state index is 13.6. The summed E-state index contributed by atoms with van der Waals surface area (Å²) in [4.78, 5) is 45.5. The largest absolute Gasteiger partial charge is 0.444 e. The van der Waals surface area contributed by atoms with Gasteiger partial charge < -0.3 is 25.2 Å². The second-order valence-corrected chi connectivity index (χ2v) is 10.9. The molecular weight excluding hydrogens is 542 g/mol. The summed E-state index contributed by atoms with van der Waals surface area (Å²) < 4.78 is 32.1. The number of ether oxygens (including phenoxy) is 1. The Labute approximate surface area is 235 Å². The van der Waals surface area contributed by atoms with Crippen LogP contribution in [-0.4, -0.2) is 65.6 Å². The Hall–Kier alpha value is -4.10. The van der Waals surface area contributed by atoms with Crippen molar-refractivity contribution in [3.05, 3.63) is 70.2 Å². The van der Waals surface area contributed by atoms with E-state index >= 15 is 0 Å². The molecule has 0 aliphatic carbocycles. The average molecular weight is 575 g/mol. The summed E-state index contributed by atoms with van der Waals surface area (Å²) in [7, 11) is 3.73. The van der Waals surface area contributed by atoms with E-state index in [1.54, 1.807) is 37.6 Å². The third-order valence-corrected chi connectivity index (χ3v) is 6.00. The average Bonchev–Trinajstić information content (AvgIpc) is 3.29. The van der Waals surface area contributed by atoms with Crippen LogP contribution in [0.5, 0.6) is 0 Å². The van der Waals surface area contributed by atoms with Crippen molar-refractivity contribution in [3.63, 3.8) is 0 Å². The molecule has 0 spiro atoms. The molecule has 0 saturated heterocycles. The summed E-state index contributed by atoms with van der Waals surface area (Å²) in [5.41, 5.74) is 1.03. The van der Waals surface area contributed by atoms with E-state index in [1.807, 2.05) is 19.0 Å². The Balaban J connectivity index is 1.65. The molecule has 0 fully saturated rings. The van der Waals surface area contributed by atoms with E-state index < -0.39 is 35.3 Å². The summed E-state index contributed by atoms with van der Waals surface area (Å²) >= 11 is 1.29. The number of carbonyl (C=O) groups excluding carboxylic acids is 3. The van der Waals surface area contributed by atoms with Gasteiger partial charge >= 0.3 is 12.1 Å². The smallest absolute Gasteiger partial charge is 0.412 e. The normalized spacial score (nSPS) is 11.2. The number of benzene rings is 1. The number of urea groups is 1. The fourth-order valence-electron chi connectivity index (χ4n) is 3.31. The monoisotopic (exact) mass is 574 g/mol. The van der Waals surface area contributed by atoms with Gasteiger partial charge in [0, 0.05) is 48.3 Å². The number of amides is 4. The van der Waals surface area contributed by atoms with Crippen LogP contribution in [0.2, 0.25) is 0 Å². The molecule has 0 radical (unpaired) electrons. The van der Waals surface area contributed by atoms with Crippen LogP contribution >= 0.6 is 11.3 Å². The summed E-state index contributed by atoms with van der Waals surface area (Å²) in [6.07, 6.45) is 0.840. The van der Waals surface area contributed by atoms with Crippen molar-refractivity contribution in [2.24, 2.45) is 0 Å². The van der Waals surface area contributed by atoms with Crippen LogP contribution in [0.15, 0.2) is 47.3 Å². The topological polar surface area (TPSA) is 116 Å². The number of hydrogen-bond acceptors (Lipinski definition) is 7. The van der Waals surface area contributed by atoms with E-state index in [0.29, 0.717) is 30.0 Å². The van der Waals surface area contributed by atoms with E-state index in [0.717, 1.165) is 12.1 Å². The van der Waals surface area contributed by atoms with E-state index in [4.69, 9.17) is 4.74 Å². The molecule has 3 rings (SSSR count). The van der Waals surface area contributed by atoms with E-state index in [2.05, 4.69) is 20.9 Å². The number of nitrogens with zero attached hydrogens (tertiary/aromatic N) is 3. The van der Waals surface area contributed by atoms with Gasteiger partial charge in [-0.25, -0.2) is 18.4 Å². The predicted molar refractivity (Wildman–Crippen MR) is 151 cm³/mol. The number of hydrogen-bond donors (Lipinski definition) is 3. The Morgan fingerprint density at radius 2 is 1.65 bits per heavy atom. The molecule has 0 aliphatic heterocycles. The first kappa shape index (κ1) is 30.4. The molecule has 3 aromatic rings. The van der Waals surface area contributed by atoms with Gasteiger partial charge in [-0.15, -0.1) is 11.3 Å². The number of thiophene rings is 1. The molecule has 0 saturated carbocycles. The number of halogens is 2. The van der Waals surface area contributed by atoms with Crippen molar-refractivity contribution >= 4 is 46.4 Å². The maximum atomic E-state index is 13.6. The quantitative estimate of drug-likeness (QED) is 0.306. The second kappa shape index (κ2) is 13.3. The summed E-state index contributed by atoms with van der Waals surface area (Å²) in [6, 6.07) is 5.82. The van der Waals surface area contributed by atoms with Crippen molar-refractivity contribution in [1.82, 2.24) is 14.8 Å². The third-order valence-electron chi connectivity index (χ3n) is 5.25. The second-order valence-electron chi connectivity index (χ2n) is 10.1. The number of carbonyl (C=O) groups is 3. The standard InChI is InChI=1S/C27H32F2N6O4S/c1-27(2,3)39-26(38)33-23-16-40-15-22(23)32-24(36)21-9-6-17(13-30-21)14-35(11-10-34(4)5)25(37)31-18-7-8-19(28)20(29)12-18/h6-9,12-13,15-16H,10-11,14H2,1-5H3,(H,31,37)(H,32,36)(H,33,38). The van der Waals surface area contributed by atoms with Crippen LogP contribution < -0.4 is 16.0 Å². The van der Waals surface area contributed by atoms with Gasteiger partial charge in [0.25, 0.3) is 5.91 Å². The molecule has 0 atom stereocenters. The van der Waals surface area contributed by atoms with Gasteiger partial charge in [0.1, 0.15) is 11.3 Å². The lowest BCUT2D eigenvalue weighted by Gasteiger charge is -2.25. The van der Waals surface area contributed by atoms with Crippen LogP contribution in [0, 0.1) is 11.6 Å². The number of rotatable bonds is 9. The molecule has 2 aromatic heterocycles. The minimum atomic E-state index is -1.06. The SMILES string of the molecule is CN(C)CCN(Cc1ccc(C(=O)Nc2cscc2NC(=O)OC(C)(C)C)nc1)C(=O)Nc1ccc(F)c(F)c1. The molecule has 0 unspecified atom stereocenters. The first-order valence-electron chi connectivity index (χ1n) is 12.3. The van der Waals surface area contributed by atoms with Gasteiger partial charge in [-0.05, 0) is 58.6 Å². The van der Waals surface area contributed by atoms with Crippen molar-refractivity contribution in [2.75, 3.05) is 43.1 Å². The van der Waals surface area contributed by atoms with Gasteiger partial charge in [0.05, 0.1) is 11.4 Å². The van der Waals surface area contributed by atoms with Crippen molar-refractivity contribution in [2.45, 2.75) is 32.9 Å². The Morgan fingerprint density at radius 3 is 2.25 bits per heavy atom. The van der Waals surface area contributed by atoms with Crippen LogP contribution in [0.25, 0.3) is 0 Å². The summed E-state index contributed by atoms with van der Waals surface area (Å²) in [5, 5.41) is 11.3. The zero-order valence-electron chi connectivity index (χ0n) is 22.9. The Bertz CT molecular complexity index is 1340. The molecule has 4 amide bonds. The van der Waals surface area contributed by atoms with E-state index in [1.165, 1.54) is 34.6 Å². The van der Waals surface area contributed by atoms with Gasteiger partial charge in [0.15, 0.2) is 11.6 Å². The first-order chi connectivity index (χ1) is 18.8. The number of anilines is 3. The fraction of sp³-hybridized carbons (Fsp3) is 0.333. The van der Waals surface area contributed by atoms with Gasteiger partial charge in [0.2, 0.25) is 0 Å². The first-order valence-corrected chi connectivity index (χ1v) is 13.2. The number of pyridine rings is 1. The highest BCUT2D eigenvalue weighted by Gasteiger charge is 2.20. The van der Waals surface area contributed by atoms with Gasteiger partial charge in [-0.3, -0.25) is 15.1 Å². The molecule has 10 nitrogen and oxygen atoms in total. The van der Waals surface area contributed by atoms with Crippen molar-refractivity contribution < 1.29 is 27.9 Å². The minimum absolute atomic E-state index is 0.123. The lowest BCUT2D eigenvalue weighted by atomic mass is 10.2. The molecule has 3 N–H and O–H groups in total. The predicted octanol–water partition coefficient (Wildman–Crippen LogP) is 5.62. The number of aromatic nitrogens is 1. The molecule has 0 aliphatic rings. The molecule has 214 valence electrons. The molecule has 40 heavy (non-hydrogen) atoms. The minimum Gasteiger partial charge on any atom is -0.444 e. The lowest BCUT2D eigenvalue weighted by Crippen LogP contribution is -2.39. The number of nitrogens with one attached hydrogen (secondary N) is 3. The third kappa shape index (κ3) is 9.27. The molecule has 0 bridgehead atoms. The Kier molecular flexibility index (Phi) is 10.1. The van der Waals surface area contributed by atoms with Crippen molar-refractivity contribution in [3.8, 4) is 0 Å². The van der Waals surface area contributed by atoms with E-state index in [-0.39, 0.29) is 17.9 Å². The lowest BCUT2D eigenvalue weighted by molar-refractivity contribution is 0.0635. The molecule has 2 heterocycles. The Morgan fingerprint density at radius 1 is 0.950 bits per heavy atom. The fourth-order valence-corrected chi connectivity index (χ4v) is 4.02. The zero-order chi connectivity index (χ0) is 29.4. The molecular formula is C27H32F2N6O4S. The zero-order valence-corrected chi connectivity index (χ0v) is 23.7. The highest BCUT2D eigenvalue weighted by Crippen LogP contribution is 2.27. The highest BCUT2D eigenvalue weighted by atomic mass is 32.1. The van der Waals surface area contributed by atoms with Crippen LogP contribution in [0.3, 0.4) is 0 Å². The van der Waals surface area contributed by atoms with Gasteiger partial charge in [-0.2, -0.15) is 0 Å². The van der Waals surface area contributed by atoms with Crippen LogP contribution in [0.1, 0.15) is 36.8 Å². The molecule has 1 aromatic carbocycles. The maximum Gasteiger partial charge on any atom is 0.412 e. The van der Waals surface area contributed by atoms with Crippen LogP contribution in [0.4, 0.5) is 35.4 Å².